The largest absolute Gasteiger partial charge is 0.0999 e. The summed E-state index contributed by atoms with van der Waals surface area (Å²) in [5, 5.41) is 0. The standard InChI is InChI=1S/C12H24/c1-7-11(6)8-12(9(2)3)10(4)5/h10-12H,2,7-8H2,1,3-6H3. The molecule has 0 saturated heterocycles. The quantitative estimate of drug-likeness (QED) is 0.538. The molecule has 0 heteroatoms. The molecule has 0 aromatic carbocycles. The average Bonchev–Trinajstić information content (AvgIpc) is 1.98. The molecule has 2 unspecified atom stereocenters. The van der Waals surface area contributed by atoms with Crippen molar-refractivity contribution in [3.05, 3.63) is 12.2 Å². The Hall–Kier alpha value is -0.260. The van der Waals surface area contributed by atoms with Crippen LogP contribution in [-0.2, 0) is 0 Å². The fourth-order valence-electron chi connectivity index (χ4n) is 1.64. The number of allylic oxidation sites excluding steroid dienone is 1. The Morgan fingerprint density at radius 1 is 1.25 bits per heavy atom. The molecular weight excluding hydrogens is 144 g/mol. The third-order valence-corrected chi connectivity index (χ3v) is 2.79. The Labute approximate surface area is 78.1 Å². The third kappa shape index (κ3) is 3.94. The van der Waals surface area contributed by atoms with E-state index in [1.807, 2.05) is 0 Å². The number of rotatable bonds is 5. The zero-order chi connectivity index (χ0) is 9.72. The maximum atomic E-state index is 4.06. The van der Waals surface area contributed by atoms with E-state index >= 15 is 0 Å². The minimum absolute atomic E-state index is 0.722. The molecule has 0 aromatic heterocycles. The summed E-state index contributed by atoms with van der Waals surface area (Å²) in [6, 6.07) is 0. The van der Waals surface area contributed by atoms with Crippen LogP contribution in [0.3, 0.4) is 0 Å². The molecule has 0 aliphatic rings. The molecular formula is C12H24. The van der Waals surface area contributed by atoms with Crippen molar-refractivity contribution >= 4 is 0 Å². The molecule has 0 spiro atoms. The average molecular weight is 168 g/mol. The van der Waals surface area contributed by atoms with E-state index in [9.17, 15) is 0 Å². The second-order valence-electron chi connectivity index (χ2n) is 4.45. The van der Waals surface area contributed by atoms with E-state index in [1.165, 1.54) is 18.4 Å². The van der Waals surface area contributed by atoms with E-state index in [0.29, 0.717) is 0 Å². The van der Waals surface area contributed by atoms with Gasteiger partial charge in [-0.25, -0.2) is 0 Å². The first kappa shape index (κ1) is 11.7. The van der Waals surface area contributed by atoms with Gasteiger partial charge in [0.2, 0.25) is 0 Å². The van der Waals surface area contributed by atoms with Crippen LogP contribution in [0, 0.1) is 17.8 Å². The van der Waals surface area contributed by atoms with Gasteiger partial charge in [-0.3, -0.25) is 0 Å². The zero-order valence-corrected chi connectivity index (χ0v) is 9.35. The highest BCUT2D eigenvalue weighted by Gasteiger charge is 2.16. The maximum Gasteiger partial charge on any atom is -0.0183 e. The van der Waals surface area contributed by atoms with Crippen molar-refractivity contribution in [1.29, 1.82) is 0 Å². The lowest BCUT2D eigenvalue weighted by molar-refractivity contribution is 0.345. The molecule has 0 aliphatic carbocycles. The van der Waals surface area contributed by atoms with E-state index in [0.717, 1.165) is 17.8 Å². The Morgan fingerprint density at radius 2 is 1.75 bits per heavy atom. The molecule has 0 heterocycles. The molecule has 0 saturated carbocycles. The van der Waals surface area contributed by atoms with Gasteiger partial charge in [-0.1, -0.05) is 46.3 Å². The monoisotopic (exact) mass is 168 g/mol. The van der Waals surface area contributed by atoms with Gasteiger partial charge in [-0.05, 0) is 31.1 Å². The fourth-order valence-corrected chi connectivity index (χ4v) is 1.64. The van der Waals surface area contributed by atoms with Gasteiger partial charge in [0.1, 0.15) is 0 Å². The van der Waals surface area contributed by atoms with E-state index in [4.69, 9.17) is 0 Å². The number of hydrogen-bond acceptors (Lipinski definition) is 0. The Kier molecular flexibility index (Phi) is 5.28. The van der Waals surface area contributed by atoms with E-state index in [1.54, 1.807) is 0 Å². The molecule has 0 N–H and O–H groups in total. The van der Waals surface area contributed by atoms with Gasteiger partial charge in [0.05, 0.1) is 0 Å². The van der Waals surface area contributed by atoms with Gasteiger partial charge < -0.3 is 0 Å². The molecule has 72 valence electrons. The lowest BCUT2D eigenvalue weighted by Gasteiger charge is -2.24. The van der Waals surface area contributed by atoms with Crippen LogP contribution in [0.2, 0.25) is 0 Å². The Bertz CT molecular complexity index is 133. The van der Waals surface area contributed by atoms with E-state index in [2.05, 4.69) is 41.2 Å². The van der Waals surface area contributed by atoms with Crippen molar-refractivity contribution < 1.29 is 0 Å². The normalized spacial score (nSPS) is 16.2. The summed E-state index contributed by atoms with van der Waals surface area (Å²) in [5.74, 6) is 2.31. The van der Waals surface area contributed by atoms with Gasteiger partial charge in [0.15, 0.2) is 0 Å². The van der Waals surface area contributed by atoms with Crippen LogP contribution in [0.5, 0.6) is 0 Å². The first-order valence-electron chi connectivity index (χ1n) is 5.14. The van der Waals surface area contributed by atoms with Crippen LogP contribution in [-0.4, -0.2) is 0 Å². The van der Waals surface area contributed by atoms with Crippen LogP contribution in [0.25, 0.3) is 0 Å². The highest BCUT2D eigenvalue weighted by atomic mass is 14.2. The van der Waals surface area contributed by atoms with Crippen molar-refractivity contribution in [2.24, 2.45) is 17.8 Å². The van der Waals surface area contributed by atoms with Crippen LogP contribution in [0.15, 0.2) is 12.2 Å². The molecule has 0 radical (unpaired) electrons. The van der Waals surface area contributed by atoms with Crippen LogP contribution in [0.1, 0.15) is 47.5 Å². The number of hydrogen-bond donors (Lipinski definition) is 0. The summed E-state index contributed by atoms with van der Waals surface area (Å²) in [5.41, 5.74) is 1.35. The zero-order valence-electron chi connectivity index (χ0n) is 9.35. The van der Waals surface area contributed by atoms with Crippen molar-refractivity contribution in [3.63, 3.8) is 0 Å². The molecule has 0 bridgehead atoms. The summed E-state index contributed by atoms with van der Waals surface area (Å²) in [7, 11) is 0. The fraction of sp³-hybridized carbons (Fsp3) is 0.833. The molecule has 0 amide bonds. The molecule has 0 nitrogen and oxygen atoms in total. The van der Waals surface area contributed by atoms with Crippen molar-refractivity contribution in [1.82, 2.24) is 0 Å². The lowest BCUT2D eigenvalue weighted by atomic mass is 9.82. The summed E-state index contributed by atoms with van der Waals surface area (Å²) in [6.07, 6.45) is 2.60. The van der Waals surface area contributed by atoms with E-state index < -0.39 is 0 Å². The summed E-state index contributed by atoms with van der Waals surface area (Å²) in [4.78, 5) is 0. The summed E-state index contributed by atoms with van der Waals surface area (Å²) < 4.78 is 0. The van der Waals surface area contributed by atoms with Gasteiger partial charge in [-0.15, -0.1) is 0 Å². The van der Waals surface area contributed by atoms with Gasteiger partial charge in [-0.2, -0.15) is 0 Å². The van der Waals surface area contributed by atoms with Crippen molar-refractivity contribution in [2.75, 3.05) is 0 Å². The maximum absolute atomic E-state index is 4.06. The first-order valence-corrected chi connectivity index (χ1v) is 5.14. The predicted octanol–water partition coefficient (Wildman–Crippen LogP) is 4.27. The highest BCUT2D eigenvalue weighted by molar-refractivity contribution is 4.97. The predicted molar refractivity (Wildman–Crippen MR) is 57.2 cm³/mol. The van der Waals surface area contributed by atoms with Crippen LogP contribution < -0.4 is 0 Å². The summed E-state index contributed by atoms with van der Waals surface area (Å²) >= 11 is 0. The van der Waals surface area contributed by atoms with Gasteiger partial charge in [0, 0.05) is 0 Å². The van der Waals surface area contributed by atoms with Crippen LogP contribution in [0.4, 0.5) is 0 Å². The highest BCUT2D eigenvalue weighted by Crippen LogP contribution is 2.27. The Balaban J connectivity index is 4.05. The molecule has 0 aliphatic heterocycles. The lowest BCUT2D eigenvalue weighted by Crippen LogP contribution is -2.13. The van der Waals surface area contributed by atoms with E-state index in [-0.39, 0.29) is 0 Å². The molecule has 0 rings (SSSR count). The minimum Gasteiger partial charge on any atom is -0.0999 e. The second-order valence-corrected chi connectivity index (χ2v) is 4.45. The smallest absolute Gasteiger partial charge is 0.0183 e. The SMILES string of the molecule is C=C(C)C(CC(C)CC)C(C)C. The first-order chi connectivity index (χ1) is 5.49. The molecule has 12 heavy (non-hydrogen) atoms. The van der Waals surface area contributed by atoms with Crippen molar-refractivity contribution in [2.45, 2.75) is 47.5 Å². The second kappa shape index (κ2) is 5.40. The van der Waals surface area contributed by atoms with Crippen molar-refractivity contribution in [3.8, 4) is 0 Å². The molecule has 0 fully saturated rings. The van der Waals surface area contributed by atoms with Gasteiger partial charge >= 0.3 is 0 Å². The van der Waals surface area contributed by atoms with Gasteiger partial charge in [0.25, 0.3) is 0 Å². The molecule has 0 aromatic rings. The van der Waals surface area contributed by atoms with Crippen LogP contribution >= 0.6 is 0 Å². The summed E-state index contributed by atoms with van der Waals surface area (Å²) in [6.45, 7) is 15.4. The topological polar surface area (TPSA) is 0 Å². The Morgan fingerprint density at radius 3 is 2.00 bits per heavy atom. The minimum atomic E-state index is 0.722. The third-order valence-electron chi connectivity index (χ3n) is 2.79. The molecule has 2 atom stereocenters.